The Morgan fingerprint density at radius 1 is 1.21 bits per heavy atom. The first kappa shape index (κ1) is 21.1. The summed E-state index contributed by atoms with van der Waals surface area (Å²) in [6.07, 6.45) is 1.16. The van der Waals surface area contributed by atoms with Crippen LogP contribution in [0.3, 0.4) is 0 Å². The van der Waals surface area contributed by atoms with Crippen LogP contribution < -0.4 is 15.8 Å². The van der Waals surface area contributed by atoms with Crippen molar-refractivity contribution in [2.45, 2.75) is 12.1 Å². The SMILES string of the molecule is O=CC1NOC2CN(c3nc4c(cc3F)c(=O)c(C(=O)O)cn4-c3ccc(F)cc3F)CC12. The summed E-state index contributed by atoms with van der Waals surface area (Å²) in [5.74, 6) is -4.83. The fourth-order valence-electron chi connectivity index (χ4n) is 4.27. The minimum absolute atomic E-state index is 0.177. The highest BCUT2D eigenvalue weighted by Crippen LogP contribution is 2.32. The third-order valence-corrected chi connectivity index (χ3v) is 5.88. The lowest BCUT2D eigenvalue weighted by atomic mass is 10.00. The highest BCUT2D eigenvalue weighted by atomic mass is 19.1. The molecule has 2 saturated heterocycles. The minimum Gasteiger partial charge on any atom is -0.477 e. The summed E-state index contributed by atoms with van der Waals surface area (Å²) >= 11 is 0. The second-order valence-corrected chi connectivity index (χ2v) is 7.81. The van der Waals surface area contributed by atoms with Gasteiger partial charge in [-0.3, -0.25) is 14.2 Å². The van der Waals surface area contributed by atoms with Gasteiger partial charge in [0.2, 0.25) is 5.43 Å². The number of carbonyl (C=O) groups excluding carboxylic acids is 1. The number of benzene rings is 1. The van der Waals surface area contributed by atoms with Crippen LogP contribution >= 0.6 is 0 Å². The van der Waals surface area contributed by atoms with Crippen LogP contribution in [0.25, 0.3) is 16.7 Å². The Morgan fingerprint density at radius 2 is 2.00 bits per heavy atom. The van der Waals surface area contributed by atoms with E-state index in [2.05, 4.69) is 10.5 Å². The van der Waals surface area contributed by atoms with Gasteiger partial charge in [0.25, 0.3) is 0 Å². The summed E-state index contributed by atoms with van der Waals surface area (Å²) in [5, 5.41) is 9.02. The van der Waals surface area contributed by atoms with Crippen molar-refractivity contribution in [1.82, 2.24) is 15.0 Å². The predicted molar refractivity (Wildman–Crippen MR) is 108 cm³/mol. The number of aromatic carboxylic acids is 1. The van der Waals surface area contributed by atoms with Gasteiger partial charge < -0.3 is 14.8 Å². The van der Waals surface area contributed by atoms with Crippen LogP contribution in [-0.4, -0.2) is 52.1 Å². The van der Waals surface area contributed by atoms with Gasteiger partial charge in [0.1, 0.15) is 29.6 Å². The van der Waals surface area contributed by atoms with Crippen molar-refractivity contribution in [3.63, 3.8) is 0 Å². The molecule has 3 atom stereocenters. The zero-order valence-corrected chi connectivity index (χ0v) is 16.7. The van der Waals surface area contributed by atoms with Crippen LogP contribution in [0.1, 0.15) is 10.4 Å². The molecule has 0 aliphatic carbocycles. The number of carboxylic acid groups (broad SMARTS) is 1. The molecule has 0 amide bonds. The van der Waals surface area contributed by atoms with Gasteiger partial charge in [0.15, 0.2) is 17.3 Å². The molecule has 3 unspecified atom stereocenters. The van der Waals surface area contributed by atoms with Crippen molar-refractivity contribution < 1.29 is 32.7 Å². The number of carbonyl (C=O) groups is 2. The van der Waals surface area contributed by atoms with E-state index in [1.807, 2.05) is 0 Å². The predicted octanol–water partition coefficient (Wildman–Crippen LogP) is 1.41. The van der Waals surface area contributed by atoms with Gasteiger partial charge >= 0.3 is 5.97 Å². The molecule has 4 heterocycles. The fourth-order valence-corrected chi connectivity index (χ4v) is 4.27. The first-order valence-corrected chi connectivity index (χ1v) is 9.84. The molecular weight excluding hydrogens is 445 g/mol. The number of anilines is 1. The molecule has 9 nitrogen and oxygen atoms in total. The molecular formula is C21H15F3N4O5. The number of halogens is 3. The first-order valence-electron chi connectivity index (χ1n) is 9.84. The monoisotopic (exact) mass is 460 g/mol. The fraction of sp³-hybridized carbons (Fsp3) is 0.238. The number of pyridine rings is 2. The third-order valence-electron chi connectivity index (χ3n) is 5.88. The van der Waals surface area contributed by atoms with Crippen LogP contribution in [0.2, 0.25) is 0 Å². The van der Waals surface area contributed by atoms with E-state index in [1.165, 1.54) is 4.90 Å². The van der Waals surface area contributed by atoms with E-state index in [-0.39, 0.29) is 41.5 Å². The summed E-state index contributed by atoms with van der Waals surface area (Å²) in [4.78, 5) is 46.6. The Balaban J connectivity index is 1.71. The maximum Gasteiger partial charge on any atom is 0.341 e. The van der Waals surface area contributed by atoms with Crippen molar-refractivity contribution in [3.8, 4) is 5.69 Å². The minimum atomic E-state index is -1.60. The quantitative estimate of drug-likeness (QED) is 0.562. The zero-order valence-electron chi connectivity index (χ0n) is 16.7. The Labute approximate surface area is 183 Å². The van der Waals surface area contributed by atoms with E-state index < -0.39 is 46.6 Å². The number of carboxylic acids is 1. The van der Waals surface area contributed by atoms with Crippen molar-refractivity contribution in [2.75, 3.05) is 18.0 Å². The number of hydrogen-bond acceptors (Lipinski definition) is 7. The number of hydrogen-bond donors (Lipinski definition) is 2. The maximum atomic E-state index is 15.1. The molecule has 12 heteroatoms. The molecule has 0 bridgehead atoms. The van der Waals surface area contributed by atoms with E-state index in [4.69, 9.17) is 4.84 Å². The van der Waals surface area contributed by atoms with E-state index in [0.717, 1.165) is 29.0 Å². The molecule has 3 aromatic rings. The average molecular weight is 460 g/mol. The summed E-state index contributed by atoms with van der Waals surface area (Å²) in [6, 6.07) is 2.87. The summed E-state index contributed by atoms with van der Waals surface area (Å²) in [5.41, 5.74) is 0.387. The molecule has 5 rings (SSSR count). The standard InChI is InChI=1S/C21H15F3N4O5/c22-9-1-2-16(13(23)3-9)28-6-12(21(31)32)18(30)10-4-14(24)20(25-19(10)28)27-5-11-15(8-29)26-33-17(11)7-27/h1-4,6,8,11,15,17,26H,5,7H2,(H,31,32). The second-order valence-electron chi connectivity index (χ2n) is 7.81. The number of aldehydes is 1. The number of rotatable bonds is 4. The Bertz CT molecular complexity index is 1380. The van der Waals surface area contributed by atoms with Crippen LogP contribution in [0, 0.1) is 23.4 Å². The molecule has 2 aromatic heterocycles. The number of fused-ring (bicyclic) bond motifs is 2. The van der Waals surface area contributed by atoms with Gasteiger partial charge in [0.05, 0.1) is 17.1 Å². The number of aromatic nitrogens is 2. The van der Waals surface area contributed by atoms with Gasteiger partial charge in [-0.2, -0.15) is 5.48 Å². The molecule has 1 aromatic carbocycles. The van der Waals surface area contributed by atoms with Crippen LogP contribution in [0.4, 0.5) is 19.0 Å². The van der Waals surface area contributed by atoms with E-state index >= 15 is 4.39 Å². The highest BCUT2D eigenvalue weighted by molar-refractivity contribution is 5.92. The van der Waals surface area contributed by atoms with Gasteiger partial charge in [0, 0.05) is 31.3 Å². The summed E-state index contributed by atoms with van der Waals surface area (Å²) < 4.78 is 44.0. The lowest BCUT2D eigenvalue weighted by molar-refractivity contribution is -0.111. The lowest BCUT2D eigenvalue weighted by Gasteiger charge is -2.21. The van der Waals surface area contributed by atoms with E-state index in [9.17, 15) is 28.3 Å². The molecule has 0 radical (unpaired) electrons. The Morgan fingerprint density at radius 3 is 2.70 bits per heavy atom. The largest absolute Gasteiger partial charge is 0.477 e. The average Bonchev–Trinajstić information content (AvgIpc) is 3.35. The van der Waals surface area contributed by atoms with Gasteiger partial charge in [-0.05, 0) is 18.2 Å². The van der Waals surface area contributed by atoms with Crippen LogP contribution in [-0.2, 0) is 9.63 Å². The molecule has 0 spiro atoms. The summed E-state index contributed by atoms with van der Waals surface area (Å²) in [6.45, 7) is 0.415. The third kappa shape index (κ3) is 3.34. The van der Waals surface area contributed by atoms with Crippen LogP contribution in [0.5, 0.6) is 0 Å². The normalized spacial score (nSPS) is 22.0. The van der Waals surface area contributed by atoms with E-state index in [1.54, 1.807) is 0 Å². The number of nitrogens with one attached hydrogen (secondary N) is 1. The van der Waals surface area contributed by atoms with Crippen molar-refractivity contribution in [1.29, 1.82) is 0 Å². The van der Waals surface area contributed by atoms with Crippen molar-refractivity contribution in [2.24, 2.45) is 5.92 Å². The van der Waals surface area contributed by atoms with Crippen molar-refractivity contribution in [3.05, 3.63) is 63.7 Å². The van der Waals surface area contributed by atoms with Gasteiger partial charge in [-0.15, -0.1) is 0 Å². The molecule has 0 saturated carbocycles. The molecule has 2 N–H and O–H groups in total. The molecule has 2 aliphatic heterocycles. The number of nitrogens with zero attached hydrogens (tertiary/aromatic N) is 3. The van der Waals surface area contributed by atoms with E-state index in [0.29, 0.717) is 12.4 Å². The second kappa shape index (κ2) is 7.67. The first-order chi connectivity index (χ1) is 15.8. The molecule has 2 fully saturated rings. The molecule has 2 aliphatic rings. The smallest absolute Gasteiger partial charge is 0.341 e. The topological polar surface area (TPSA) is 114 Å². The molecule has 170 valence electrons. The lowest BCUT2D eigenvalue weighted by Crippen LogP contribution is -2.33. The Hall–Kier alpha value is -3.77. The molecule has 33 heavy (non-hydrogen) atoms. The van der Waals surface area contributed by atoms with Gasteiger partial charge in [-0.1, -0.05) is 0 Å². The number of hydroxylamine groups is 1. The maximum absolute atomic E-state index is 15.1. The van der Waals surface area contributed by atoms with Crippen LogP contribution in [0.15, 0.2) is 35.3 Å². The summed E-state index contributed by atoms with van der Waals surface area (Å²) in [7, 11) is 0. The zero-order chi connectivity index (χ0) is 23.4. The van der Waals surface area contributed by atoms with Crippen molar-refractivity contribution >= 4 is 29.1 Å². The van der Waals surface area contributed by atoms with Gasteiger partial charge in [-0.25, -0.2) is 22.9 Å². The Kier molecular flexibility index (Phi) is 4.91. The highest BCUT2D eigenvalue weighted by Gasteiger charge is 2.45.